The number of nitrogens with two attached hydrogens (primary N) is 1. The minimum Gasteiger partial charge on any atom is -0.481 e. The molecule has 1 aromatic rings. The van der Waals surface area contributed by atoms with E-state index in [0.29, 0.717) is 5.56 Å². The van der Waals surface area contributed by atoms with Crippen LogP contribution in [-0.2, 0) is 14.9 Å². The number of hydrogen-bond acceptors (Lipinski definition) is 3. The fourth-order valence-electron chi connectivity index (χ4n) is 2.14. The molecule has 0 bridgehead atoms. The Hall–Kier alpha value is -1.46. The average molecular weight is 239 g/mol. The van der Waals surface area contributed by atoms with Crippen molar-refractivity contribution in [3.8, 4) is 0 Å². The second kappa shape index (κ2) is 4.43. The first-order chi connectivity index (χ1) is 8.06. The Morgan fingerprint density at radius 2 is 2.18 bits per heavy atom. The number of carboxylic acid groups (broad SMARTS) is 1. The standard InChI is InChI=1S/C12H14FNO3/c13-9-4-2-1-3-8(9)12(6-17-7-12)10(14)5-11(15)16/h1-4,10H,5-7,14H2,(H,15,16). The van der Waals surface area contributed by atoms with Gasteiger partial charge in [-0.2, -0.15) is 0 Å². The first-order valence-electron chi connectivity index (χ1n) is 5.36. The van der Waals surface area contributed by atoms with E-state index in [9.17, 15) is 9.18 Å². The van der Waals surface area contributed by atoms with Crippen LogP contribution in [-0.4, -0.2) is 30.3 Å². The maximum absolute atomic E-state index is 13.7. The van der Waals surface area contributed by atoms with Crippen LogP contribution < -0.4 is 5.73 Å². The lowest BCUT2D eigenvalue weighted by Gasteiger charge is -2.45. The Morgan fingerprint density at radius 1 is 1.53 bits per heavy atom. The lowest BCUT2D eigenvalue weighted by atomic mass is 9.71. The molecule has 1 aromatic carbocycles. The molecule has 1 heterocycles. The minimum absolute atomic E-state index is 0.197. The van der Waals surface area contributed by atoms with Crippen LogP contribution in [0.4, 0.5) is 4.39 Å². The maximum Gasteiger partial charge on any atom is 0.304 e. The summed E-state index contributed by atoms with van der Waals surface area (Å²) in [6.07, 6.45) is -0.197. The fourth-order valence-corrected chi connectivity index (χ4v) is 2.14. The van der Waals surface area contributed by atoms with Crippen molar-refractivity contribution in [1.29, 1.82) is 0 Å². The highest BCUT2D eigenvalue weighted by Gasteiger charge is 2.47. The van der Waals surface area contributed by atoms with E-state index < -0.39 is 17.4 Å². The van der Waals surface area contributed by atoms with E-state index >= 15 is 0 Å². The predicted octanol–water partition coefficient (Wildman–Crippen LogP) is 0.896. The molecule has 0 saturated carbocycles. The first-order valence-corrected chi connectivity index (χ1v) is 5.36. The number of aliphatic carboxylic acids is 1. The van der Waals surface area contributed by atoms with Crippen LogP contribution in [0, 0.1) is 5.82 Å². The number of halogens is 1. The van der Waals surface area contributed by atoms with Crippen molar-refractivity contribution in [3.05, 3.63) is 35.6 Å². The predicted molar refractivity (Wildman–Crippen MR) is 59.1 cm³/mol. The van der Waals surface area contributed by atoms with Gasteiger partial charge in [0.25, 0.3) is 0 Å². The van der Waals surface area contributed by atoms with Crippen LogP contribution in [0.1, 0.15) is 12.0 Å². The van der Waals surface area contributed by atoms with Gasteiger partial charge >= 0.3 is 5.97 Å². The van der Waals surface area contributed by atoms with Gasteiger partial charge in [-0.1, -0.05) is 18.2 Å². The molecule has 5 heteroatoms. The topological polar surface area (TPSA) is 72.6 Å². The van der Waals surface area contributed by atoms with Crippen LogP contribution in [0.3, 0.4) is 0 Å². The zero-order valence-corrected chi connectivity index (χ0v) is 9.23. The van der Waals surface area contributed by atoms with Gasteiger partial charge in [0.2, 0.25) is 0 Å². The molecule has 0 aromatic heterocycles. The molecule has 0 amide bonds. The molecule has 3 N–H and O–H groups in total. The van der Waals surface area contributed by atoms with Gasteiger partial charge in [-0.25, -0.2) is 4.39 Å². The summed E-state index contributed by atoms with van der Waals surface area (Å²) < 4.78 is 18.9. The molecule has 0 spiro atoms. The van der Waals surface area contributed by atoms with Gasteiger partial charge < -0.3 is 15.6 Å². The highest BCUT2D eigenvalue weighted by Crippen LogP contribution is 2.37. The summed E-state index contributed by atoms with van der Waals surface area (Å²) in [6.45, 7) is 0.532. The van der Waals surface area contributed by atoms with Gasteiger partial charge in [0.15, 0.2) is 0 Å². The SMILES string of the molecule is NC(CC(=O)O)C1(c2ccccc2F)COC1. The number of carboxylic acids is 1. The van der Waals surface area contributed by atoms with Gasteiger partial charge in [0.05, 0.1) is 25.0 Å². The molecule has 4 nitrogen and oxygen atoms in total. The molecule has 1 aliphatic heterocycles. The van der Waals surface area contributed by atoms with Crippen LogP contribution in [0.15, 0.2) is 24.3 Å². The Bertz CT molecular complexity index is 432. The molecule has 1 aliphatic rings. The Morgan fingerprint density at radius 3 is 2.65 bits per heavy atom. The van der Waals surface area contributed by atoms with Gasteiger partial charge in [-0.05, 0) is 6.07 Å². The summed E-state index contributed by atoms with van der Waals surface area (Å²) in [5, 5.41) is 8.77. The molecule has 1 saturated heterocycles. The second-order valence-electron chi connectivity index (χ2n) is 4.33. The van der Waals surface area contributed by atoms with Gasteiger partial charge in [0.1, 0.15) is 5.82 Å². The summed E-state index contributed by atoms with van der Waals surface area (Å²) in [4.78, 5) is 10.7. The summed E-state index contributed by atoms with van der Waals surface area (Å²) >= 11 is 0. The fraction of sp³-hybridized carbons (Fsp3) is 0.417. The third-order valence-electron chi connectivity index (χ3n) is 3.23. The smallest absolute Gasteiger partial charge is 0.304 e. The minimum atomic E-state index is -0.986. The van der Waals surface area contributed by atoms with Crippen molar-refractivity contribution >= 4 is 5.97 Å². The number of hydrogen-bond donors (Lipinski definition) is 2. The zero-order valence-electron chi connectivity index (χ0n) is 9.23. The third-order valence-corrected chi connectivity index (χ3v) is 3.23. The largest absolute Gasteiger partial charge is 0.481 e. The third kappa shape index (κ3) is 2.03. The monoisotopic (exact) mass is 239 g/mol. The quantitative estimate of drug-likeness (QED) is 0.818. The lowest BCUT2D eigenvalue weighted by Crippen LogP contribution is -2.59. The highest BCUT2D eigenvalue weighted by atomic mass is 19.1. The lowest BCUT2D eigenvalue weighted by molar-refractivity contribution is -0.140. The average Bonchev–Trinajstić information content (AvgIpc) is 2.18. The molecule has 0 radical (unpaired) electrons. The van der Waals surface area contributed by atoms with Crippen LogP contribution >= 0.6 is 0 Å². The van der Waals surface area contributed by atoms with Gasteiger partial charge in [-0.3, -0.25) is 4.79 Å². The van der Waals surface area contributed by atoms with Gasteiger partial charge in [-0.15, -0.1) is 0 Å². The van der Waals surface area contributed by atoms with Crippen LogP contribution in [0.2, 0.25) is 0 Å². The summed E-state index contributed by atoms with van der Waals surface area (Å²) in [6, 6.07) is 5.65. The van der Waals surface area contributed by atoms with Crippen molar-refractivity contribution in [2.45, 2.75) is 17.9 Å². The zero-order chi connectivity index (χ0) is 12.5. The normalized spacial score (nSPS) is 19.4. The molecular formula is C12H14FNO3. The van der Waals surface area contributed by atoms with E-state index in [-0.39, 0.29) is 25.5 Å². The molecule has 1 fully saturated rings. The highest BCUT2D eigenvalue weighted by molar-refractivity contribution is 5.68. The summed E-state index contributed by atoms with van der Waals surface area (Å²) in [5.74, 6) is -1.35. The van der Waals surface area contributed by atoms with Crippen molar-refractivity contribution in [1.82, 2.24) is 0 Å². The van der Waals surface area contributed by atoms with Crippen molar-refractivity contribution < 1.29 is 19.0 Å². The Kier molecular flexibility index (Phi) is 3.13. The molecule has 0 aliphatic carbocycles. The number of carbonyl (C=O) groups is 1. The van der Waals surface area contributed by atoms with E-state index in [1.54, 1.807) is 18.2 Å². The van der Waals surface area contributed by atoms with Crippen molar-refractivity contribution in [2.75, 3.05) is 13.2 Å². The molecule has 2 rings (SSSR count). The van der Waals surface area contributed by atoms with Crippen molar-refractivity contribution in [3.63, 3.8) is 0 Å². The first kappa shape index (κ1) is 12.0. The summed E-state index contributed by atoms with van der Waals surface area (Å²) in [5.41, 5.74) is 5.63. The molecule has 1 unspecified atom stereocenters. The number of rotatable bonds is 4. The molecule has 1 atom stereocenters. The summed E-state index contributed by atoms with van der Waals surface area (Å²) in [7, 11) is 0. The second-order valence-corrected chi connectivity index (χ2v) is 4.33. The van der Waals surface area contributed by atoms with Crippen molar-refractivity contribution in [2.24, 2.45) is 5.73 Å². The van der Waals surface area contributed by atoms with E-state index in [1.807, 2.05) is 0 Å². The molecular weight excluding hydrogens is 225 g/mol. The van der Waals surface area contributed by atoms with Crippen LogP contribution in [0.25, 0.3) is 0 Å². The number of benzene rings is 1. The van der Waals surface area contributed by atoms with E-state index in [4.69, 9.17) is 15.6 Å². The molecule has 17 heavy (non-hydrogen) atoms. The molecule has 92 valence electrons. The Labute approximate surface area is 98.2 Å². The van der Waals surface area contributed by atoms with Gasteiger partial charge in [0, 0.05) is 11.6 Å². The Balaban J connectivity index is 2.31. The van der Waals surface area contributed by atoms with E-state index in [0.717, 1.165) is 0 Å². The van der Waals surface area contributed by atoms with E-state index in [1.165, 1.54) is 6.07 Å². The number of ether oxygens (including phenoxy) is 1. The van der Waals surface area contributed by atoms with E-state index in [2.05, 4.69) is 0 Å². The van der Waals surface area contributed by atoms with Crippen LogP contribution in [0.5, 0.6) is 0 Å². The maximum atomic E-state index is 13.7.